The van der Waals surface area contributed by atoms with Crippen molar-refractivity contribution >= 4 is 39.9 Å². The Morgan fingerprint density at radius 3 is 2.54 bits per heavy atom. The Balaban J connectivity index is 1.60. The van der Waals surface area contributed by atoms with Gasteiger partial charge in [0.15, 0.2) is 0 Å². The van der Waals surface area contributed by atoms with E-state index in [0.29, 0.717) is 11.8 Å². The highest BCUT2D eigenvalue weighted by Gasteiger charge is 2.10. The fraction of sp³-hybridized carbons (Fsp3) is 0.304. The van der Waals surface area contributed by atoms with Crippen LogP contribution in [0.5, 0.6) is 0 Å². The number of aryl methyl sites for hydroxylation is 1. The Morgan fingerprint density at radius 1 is 1.14 bits per heavy atom. The molecule has 3 aromatic rings. The van der Waals surface area contributed by atoms with Crippen molar-refractivity contribution in [2.24, 2.45) is 0 Å². The Morgan fingerprint density at radius 2 is 1.86 bits per heavy atom. The summed E-state index contributed by atoms with van der Waals surface area (Å²) in [5.41, 5.74) is 4.12. The zero-order chi connectivity index (χ0) is 20.1. The van der Waals surface area contributed by atoms with Gasteiger partial charge in [0, 0.05) is 29.3 Å². The molecule has 0 radical (unpaired) electrons. The van der Waals surface area contributed by atoms with Gasteiger partial charge >= 0.3 is 0 Å². The van der Waals surface area contributed by atoms with Gasteiger partial charge in [-0.25, -0.2) is 4.98 Å². The molecule has 146 valence electrons. The van der Waals surface area contributed by atoms with Gasteiger partial charge in [0.2, 0.25) is 5.91 Å². The van der Waals surface area contributed by atoms with E-state index in [1.54, 1.807) is 0 Å². The molecular weight excluding hydrogens is 366 g/mol. The molecule has 0 fully saturated rings. The van der Waals surface area contributed by atoms with E-state index in [4.69, 9.17) is 0 Å². The zero-order valence-electron chi connectivity index (χ0n) is 16.9. The molecule has 28 heavy (non-hydrogen) atoms. The summed E-state index contributed by atoms with van der Waals surface area (Å²) in [4.78, 5) is 19.3. The van der Waals surface area contributed by atoms with Crippen LogP contribution in [0.3, 0.4) is 0 Å². The molecule has 5 heteroatoms. The maximum absolute atomic E-state index is 12.3. The molecule has 0 spiro atoms. The average molecular weight is 394 g/mol. The SMILES string of the molecule is CCN(c1ccc(NC(=O)CSc2cc(C)c3ccccc3n2)cc1)C(C)C. The number of anilines is 2. The van der Waals surface area contributed by atoms with Gasteiger partial charge in [-0.1, -0.05) is 30.0 Å². The van der Waals surface area contributed by atoms with Crippen LogP contribution in [0.15, 0.2) is 59.6 Å². The highest BCUT2D eigenvalue weighted by atomic mass is 32.2. The van der Waals surface area contributed by atoms with E-state index in [1.165, 1.54) is 23.0 Å². The molecule has 0 aliphatic heterocycles. The topological polar surface area (TPSA) is 45.2 Å². The number of carbonyl (C=O) groups is 1. The molecule has 0 unspecified atom stereocenters. The number of aromatic nitrogens is 1. The number of para-hydroxylation sites is 1. The number of fused-ring (bicyclic) bond motifs is 1. The van der Waals surface area contributed by atoms with E-state index in [2.05, 4.69) is 61.1 Å². The van der Waals surface area contributed by atoms with E-state index < -0.39 is 0 Å². The fourth-order valence-corrected chi connectivity index (χ4v) is 4.09. The third-order valence-electron chi connectivity index (χ3n) is 4.70. The smallest absolute Gasteiger partial charge is 0.234 e. The highest BCUT2D eigenvalue weighted by Crippen LogP contribution is 2.24. The van der Waals surface area contributed by atoms with Crippen LogP contribution in [0.2, 0.25) is 0 Å². The summed E-state index contributed by atoms with van der Waals surface area (Å²) in [7, 11) is 0. The Kier molecular flexibility index (Phi) is 6.57. The second-order valence-corrected chi connectivity index (χ2v) is 8.05. The summed E-state index contributed by atoms with van der Waals surface area (Å²) in [6, 6.07) is 18.6. The van der Waals surface area contributed by atoms with Crippen molar-refractivity contribution in [3.63, 3.8) is 0 Å². The van der Waals surface area contributed by atoms with Crippen molar-refractivity contribution in [2.45, 2.75) is 38.8 Å². The number of carbonyl (C=O) groups excluding carboxylic acids is 1. The van der Waals surface area contributed by atoms with Gasteiger partial charge in [0.25, 0.3) is 0 Å². The first-order chi connectivity index (χ1) is 13.5. The van der Waals surface area contributed by atoms with Crippen molar-refractivity contribution in [1.82, 2.24) is 4.98 Å². The number of pyridine rings is 1. The summed E-state index contributed by atoms with van der Waals surface area (Å²) in [5, 5.41) is 5.00. The highest BCUT2D eigenvalue weighted by molar-refractivity contribution is 7.99. The number of benzene rings is 2. The van der Waals surface area contributed by atoms with Crippen molar-refractivity contribution in [2.75, 3.05) is 22.5 Å². The van der Waals surface area contributed by atoms with Crippen molar-refractivity contribution in [3.05, 3.63) is 60.2 Å². The molecular formula is C23H27N3OS. The lowest BCUT2D eigenvalue weighted by molar-refractivity contribution is -0.113. The minimum atomic E-state index is -0.0263. The summed E-state index contributed by atoms with van der Waals surface area (Å²) in [6.45, 7) is 9.54. The van der Waals surface area contributed by atoms with Gasteiger partial charge in [-0.2, -0.15) is 0 Å². The minimum Gasteiger partial charge on any atom is -0.369 e. The predicted molar refractivity (Wildman–Crippen MR) is 120 cm³/mol. The number of rotatable bonds is 7. The molecule has 0 saturated heterocycles. The van der Waals surface area contributed by atoms with Crippen LogP contribution >= 0.6 is 11.8 Å². The summed E-state index contributed by atoms with van der Waals surface area (Å²) in [5.74, 6) is 0.307. The number of nitrogens with one attached hydrogen (secondary N) is 1. The normalized spacial score (nSPS) is 11.0. The van der Waals surface area contributed by atoms with Crippen LogP contribution in [-0.4, -0.2) is 29.2 Å². The molecule has 1 amide bonds. The lowest BCUT2D eigenvalue weighted by Gasteiger charge is -2.27. The minimum absolute atomic E-state index is 0.0263. The third kappa shape index (κ3) is 4.84. The summed E-state index contributed by atoms with van der Waals surface area (Å²) < 4.78 is 0. The van der Waals surface area contributed by atoms with Crippen LogP contribution in [-0.2, 0) is 4.79 Å². The average Bonchev–Trinajstić information content (AvgIpc) is 2.68. The first-order valence-electron chi connectivity index (χ1n) is 9.63. The fourth-order valence-electron chi connectivity index (χ4n) is 3.31. The van der Waals surface area contributed by atoms with Crippen LogP contribution < -0.4 is 10.2 Å². The molecule has 1 N–H and O–H groups in total. The quantitative estimate of drug-likeness (QED) is 0.538. The summed E-state index contributed by atoms with van der Waals surface area (Å²) >= 11 is 1.46. The number of thioether (sulfide) groups is 1. The molecule has 0 saturated carbocycles. The van der Waals surface area contributed by atoms with E-state index in [1.807, 2.05) is 36.4 Å². The molecule has 0 atom stereocenters. The summed E-state index contributed by atoms with van der Waals surface area (Å²) in [6.07, 6.45) is 0. The Bertz CT molecular complexity index is 954. The van der Waals surface area contributed by atoms with Gasteiger partial charge in [0.1, 0.15) is 0 Å². The largest absolute Gasteiger partial charge is 0.369 e. The van der Waals surface area contributed by atoms with E-state index in [-0.39, 0.29) is 5.91 Å². The van der Waals surface area contributed by atoms with Gasteiger partial charge < -0.3 is 10.2 Å². The molecule has 0 aliphatic rings. The maximum Gasteiger partial charge on any atom is 0.234 e. The lowest BCUT2D eigenvalue weighted by atomic mass is 10.1. The third-order valence-corrected chi connectivity index (χ3v) is 5.61. The number of amides is 1. The molecule has 1 aromatic heterocycles. The Labute approximate surface area is 171 Å². The molecule has 1 heterocycles. The van der Waals surface area contributed by atoms with Crippen LogP contribution in [0.25, 0.3) is 10.9 Å². The first-order valence-corrected chi connectivity index (χ1v) is 10.6. The second-order valence-electron chi connectivity index (χ2n) is 7.06. The van der Waals surface area contributed by atoms with E-state index >= 15 is 0 Å². The number of hydrogen-bond donors (Lipinski definition) is 1. The van der Waals surface area contributed by atoms with Crippen LogP contribution in [0.1, 0.15) is 26.3 Å². The van der Waals surface area contributed by atoms with E-state index in [9.17, 15) is 4.79 Å². The van der Waals surface area contributed by atoms with Gasteiger partial charge in [-0.3, -0.25) is 4.79 Å². The standard InChI is InChI=1S/C23H27N3OS/c1-5-26(16(2)3)19-12-10-18(11-13-19)24-22(27)15-28-23-14-17(4)20-8-6-7-9-21(20)25-23/h6-14,16H,5,15H2,1-4H3,(H,24,27). The first kappa shape index (κ1) is 20.2. The lowest BCUT2D eigenvalue weighted by Crippen LogP contribution is -2.30. The van der Waals surface area contributed by atoms with Gasteiger partial charge in [-0.05, 0) is 69.7 Å². The molecule has 0 bridgehead atoms. The molecule has 0 aliphatic carbocycles. The van der Waals surface area contributed by atoms with Crippen LogP contribution in [0, 0.1) is 6.92 Å². The van der Waals surface area contributed by atoms with Gasteiger partial charge in [-0.15, -0.1) is 0 Å². The van der Waals surface area contributed by atoms with Crippen molar-refractivity contribution < 1.29 is 4.79 Å². The van der Waals surface area contributed by atoms with Crippen molar-refractivity contribution in [3.8, 4) is 0 Å². The van der Waals surface area contributed by atoms with E-state index in [0.717, 1.165) is 28.2 Å². The molecule has 4 nitrogen and oxygen atoms in total. The second kappa shape index (κ2) is 9.11. The predicted octanol–water partition coefficient (Wildman–Crippen LogP) is 5.51. The maximum atomic E-state index is 12.3. The van der Waals surface area contributed by atoms with Crippen LogP contribution in [0.4, 0.5) is 11.4 Å². The number of nitrogens with zero attached hydrogens (tertiary/aromatic N) is 2. The monoisotopic (exact) mass is 393 g/mol. The zero-order valence-corrected chi connectivity index (χ0v) is 17.7. The van der Waals surface area contributed by atoms with Gasteiger partial charge in [0.05, 0.1) is 16.3 Å². The Hall–Kier alpha value is -2.53. The number of hydrogen-bond acceptors (Lipinski definition) is 4. The molecule has 2 aromatic carbocycles. The molecule has 3 rings (SSSR count). The van der Waals surface area contributed by atoms with Crippen molar-refractivity contribution in [1.29, 1.82) is 0 Å².